The topological polar surface area (TPSA) is 26.3 Å². The quantitative estimate of drug-likeness (QED) is 0.503. The van der Waals surface area contributed by atoms with Crippen molar-refractivity contribution in [3.63, 3.8) is 0 Å². The third kappa shape index (κ3) is 7.69. The molecule has 0 aromatic rings. The number of ether oxygens (including phenoxy) is 1. The van der Waals surface area contributed by atoms with E-state index in [0.717, 1.165) is 5.57 Å². The summed E-state index contributed by atoms with van der Waals surface area (Å²) in [5.41, 5.74) is 0.223. The van der Waals surface area contributed by atoms with Crippen LogP contribution in [0.5, 0.6) is 0 Å². The van der Waals surface area contributed by atoms with Gasteiger partial charge in [0.25, 0.3) is 0 Å². The maximum atomic E-state index is 10.2. The summed E-state index contributed by atoms with van der Waals surface area (Å²) in [6.45, 7) is 7.14. The van der Waals surface area contributed by atoms with Crippen molar-refractivity contribution < 1.29 is 28.1 Å². The van der Waals surface area contributed by atoms with E-state index in [0.29, 0.717) is 0 Å². The smallest absolute Gasteiger partial charge is 0.0786 e. The van der Waals surface area contributed by atoms with Crippen LogP contribution < -0.4 is 0 Å². The van der Waals surface area contributed by atoms with Gasteiger partial charge in [0.2, 0.25) is 0 Å². The molecule has 0 aliphatic rings. The van der Waals surface area contributed by atoms with Gasteiger partial charge in [-0.1, -0.05) is 13.8 Å². The van der Waals surface area contributed by atoms with Gasteiger partial charge in [0, 0.05) is 24.2 Å². The van der Waals surface area contributed by atoms with E-state index in [1.807, 2.05) is 13.8 Å². The fraction of sp³-hybridized carbons (Fsp3) is 0.625. The fourth-order valence-electron chi connectivity index (χ4n) is 0.289. The molecule has 0 N–H and O–H groups in total. The van der Waals surface area contributed by atoms with Crippen molar-refractivity contribution in [1.82, 2.24) is 0 Å². The minimum atomic E-state index is -0.808. The van der Waals surface area contributed by atoms with E-state index in [9.17, 15) is 4.79 Å². The first-order valence-electron chi connectivity index (χ1n) is 3.18. The Balaban J connectivity index is 0. The standard InChI is InChI=1S/C8H13O2.V/c1-7(2)5-10-8(3,4)6-9;/h5H,1-4H3;/q-1;. The first-order valence-corrected chi connectivity index (χ1v) is 3.18. The van der Waals surface area contributed by atoms with E-state index < -0.39 is 5.60 Å². The Morgan fingerprint density at radius 2 is 1.91 bits per heavy atom. The third-order valence-electron chi connectivity index (χ3n) is 0.835. The van der Waals surface area contributed by atoms with Crippen molar-refractivity contribution >= 4 is 6.29 Å². The molecule has 0 aliphatic heterocycles. The molecule has 0 aromatic carbocycles. The van der Waals surface area contributed by atoms with Crippen LogP contribution in [0.2, 0.25) is 0 Å². The third-order valence-corrected chi connectivity index (χ3v) is 0.835. The van der Waals surface area contributed by atoms with Crippen LogP contribution in [0.4, 0.5) is 0 Å². The van der Waals surface area contributed by atoms with Gasteiger partial charge < -0.3 is 9.53 Å². The molecule has 0 fully saturated rings. The maximum Gasteiger partial charge on any atom is 0.0786 e. The van der Waals surface area contributed by atoms with Gasteiger partial charge in [-0.15, -0.1) is 0 Å². The van der Waals surface area contributed by atoms with Crippen molar-refractivity contribution in [1.29, 1.82) is 0 Å². The van der Waals surface area contributed by atoms with Gasteiger partial charge in [-0.05, 0) is 19.4 Å². The molecular formula is C8H13O2V-. The zero-order chi connectivity index (χ0) is 8.20. The SMILES string of the molecule is CC(C)=COC(C)(C)[C-]=O.[V]. The first kappa shape index (κ1) is 13.4. The van der Waals surface area contributed by atoms with Gasteiger partial charge in [-0.25, -0.2) is 6.29 Å². The number of rotatable bonds is 3. The Morgan fingerprint density at radius 1 is 1.45 bits per heavy atom. The van der Waals surface area contributed by atoms with Crippen LogP contribution in [-0.2, 0) is 28.1 Å². The van der Waals surface area contributed by atoms with Gasteiger partial charge in [0.05, 0.1) is 6.26 Å². The van der Waals surface area contributed by atoms with Crippen molar-refractivity contribution in [3.8, 4) is 0 Å². The van der Waals surface area contributed by atoms with Gasteiger partial charge in [0.15, 0.2) is 0 Å². The van der Waals surface area contributed by atoms with E-state index in [2.05, 4.69) is 0 Å². The van der Waals surface area contributed by atoms with Crippen LogP contribution in [0.25, 0.3) is 0 Å². The summed E-state index contributed by atoms with van der Waals surface area (Å²) in [6.07, 6.45) is 3.34. The van der Waals surface area contributed by atoms with Crippen molar-refractivity contribution in [3.05, 3.63) is 11.8 Å². The summed E-state index contributed by atoms with van der Waals surface area (Å²) in [6, 6.07) is 0. The molecule has 0 aromatic heterocycles. The van der Waals surface area contributed by atoms with E-state index in [-0.39, 0.29) is 18.6 Å². The van der Waals surface area contributed by atoms with Crippen LogP contribution in [0.1, 0.15) is 27.7 Å². The summed E-state index contributed by atoms with van der Waals surface area (Å²) in [5.74, 6) is 0. The Morgan fingerprint density at radius 3 is 2.18 bits per heavy atom. The molecule has 0 heterocycles. The molecule has 3 heteroatoms. The second-order valence-electron chi connectivity index (χ2n) is 2.93. The number of hydrogen-bond donors (Lipinski definition) is 0. The Labute approximate surface area is 79.9 Å². The maximum absolute atomic E-state index is 10.2. The second kappa shape index (κ2) is 5.45. The predicted molar refractivity (Wildman–Crippen MR) is 40.3 cm³/mol. The monoisotopic (exact) mass is 192 g/mol. The molecule has 0 bridgehead atoms. The van der Waals surface area contributed by atoms with Crippen molar-refractivity contribution in [2.24, 2.45) is 0 Å². The molecule has 0 spiro atoms. The Kier molecular flexibility index (Phi) is 6.63. The summed E-state index contributed by atoms with van der Waals surface area (Å²) < 4.78 is 5.05. The van der Waals surface area contributed by atoms with Gasteiger partial charge in [0.1, 0.15) is 0 Å². The first-order chi connectivity index (χ1) is 4.48. The van der Waals surface area contributed by atoms with Crippen LogP contribution in [0.3, 0.4) is 0 Å². The van der Waals surface area contributed by atoms with Crippen LogP contribution in [-0.4, -0.2) is 11.9 Å². The van der Waals surface area contributed by atoms with Gasteiger partial charge >= 0.3 is 0 Å². The Bertz CT molecular complexity index is 146. The number of allylic oxidation sites excluding steroid dienone is 1. The fourth-order valence-corrected chi connectivity index (χ4v) is 0.289. The van der Waals surface area contributed by atoms with Crippen molar-refractivity contribution in [2.45, 2.75) is 33.3 Å². The van der Waals surface area contributed by atoms with Crippen LogP contribution in [0.15, 0.2) is 11.8 Å². The summed E-state index contributed by atoms with van der Waals surface area (Å²) in [5, 5.41) is 0. The van der Waals surface area contributed by atoms with E-state index >= 15 is 0 Å². The van der Waals surface area contributed by atoms with Crippen LogP contribution in [0, 0.1) is 0 Å². The molecule has 0 atom stereocenters. The van der Waals surface area contributed by atoms with Crippen molar-refractivity contribution in [2.75, 3.05) is 0 Å². The summed E-state index contributed by atoms with van der Waals surface area (Å²) >= 11 is 0. The van der Waals surface area contributed by atoms with Gasteiger partial charge in [-0.2, -0.15) is 0 Å². The largest absolute Gasteiger partial charge is 0.538 e. The molecule has 0 aliphatic carbocycles. The van der Waals surface area contributed by atoms with E-state index in [1.54, 1.807) is 26.4 Å². The average Bonchev–Trinajstić information content (AvgIpc) is 1.85. The average molecular weight is 192 g/mol. The number of carbonyl (C=O) groups excluding carboxylic acids is 1. The Hall–Kier alpha value is -0.206. The molecule has 2 nitrogen and oxygen atoms in total. The number of hydrogen-bond acceptors (Lipinski definition) is 2. The molecule has 1 radical (unpaired) electrons. The molecule has 0 amide bonds. The molecule has 0 unspecified atom stereocenters. The minimum absolute atomic E-state index is 0. The zero-order valence-electron chi connectivity index (χ0n) is 7.34. The zero-order valence-corrected chi connectivity index (χ0v) is 8.74. The minimum Gasteiger partial charge on any atom is -0.538 e. The molecule has 0 saturated carbocycles. The summed E-state index contributed by atoms with van der Waals surface area (Å²) in [4.78, 5) is 10.2. The summed E-state index contributed by atoms with van der Waals surface area (Å²) in [7, 11) is 0. The van der Waals surface area contributed by atoms with Crippen LogP contribution >= 0.6 is 0 Å². The van der Waals surface area contributed by atoms with E-state index in [1.165, 1.54) is 0 Å². The second-order valence-corrected chi connectivity index (χ2v) is 2.93. The van der Waals surface area contributed by atoms with E-state index in [4.69, 9.17) is 4.74 Å². The molecule has 0 saturated heterocycles. The molecule has 0 rings (SSSR count). The molecule has 63 valence electrons. The molecule has 11 heavy (non-hydrogen) atoms. The molecular weight excluding hydrogens is 179 g/mol. The van der Waals surface area contributed by atoms with Gasteiger partial charge in [-0.3, -0.25) is 0 Å². The predicted octanol–water partition coefficient (Wildman–Crippen LogP) is 1.81. The normalized spacial score (nSPS) is 9.45.